The summed E-state index contributed by atoms with van der Waals surface area (Å²) in [6, 6.07) is 13.2. The van der Waals surface area contributed by atoms with Gasteiger partial charge in [-0.3, -0.25) is 9.69 Å². The number of rotatable bonds is 7. The average molecular weight is 607 g/mol. The van der Waals surface area contributed by atoms with Gasteiger partial charge in [-0.2, -0.15) is 18.3 Å². The Morgan fingerprint density at radius 1 is 0.977 bits per heavy atom. The standard InChI is InChI=1S/C35H38F4N4O/c1-8-23-11-10-12-24(9-2)31(23)43-32(27-17-29(36)30(16-21(27)4)40-22(5)44)28-19-42(34(6,7)33(28)41-43)18-25-13-14-26(15-20(25)3)35(37,38)39/h10-17H,8-9,18-19H2,1-7H3,(H,40,44). The molecule has 0 saturated carbocycles. The minimum atomic E-state index is -4.40. The maximum Gasteiger partial charge on any atom is 0.416 e. The molecule has 0 saturated heterocycles. The summed E-state index contributed by atoms with van der Waals surface area (Å²) in [5.74, 6) is -0.904. The number of nitrogens with one attached hydrogen (secondary N) is 1. The van der Waals surface area contributed by atoms with Gasteiger partial charge in [-0.15, -0.1) is 0 Å². The maximum atomic E-state index is 15.5. The highest BCUT2D eigenvalue weighted by atomic mass is 19.4. The minimum Gasteiger partial charge on any atom is -0.324 e. The topological polar surface area (TPSA) is 50.2 Å². The van der Waals surface area contributed by atoms with Gasteiger partial charge in [-0.1, -0.05) is 38.1 Å². The first kappa shape index (κ1) is 31.4. The van der Waals surface area contributed by atoms with Crippen LogP contribution in [-0.2, 0) is 42.4 Å². The SMILES string of the molecule is CCc1cccc(CC)c1-n1nc2c(c1-c1cc(F)c(NC(C)=O)cc1C)CN(Cc1ccc(C(F)(F)F)cc1C)C2(C)C. The number of halogens is 4. The van der Waals surface area contributed by atoms with Crippen molar-refractivity contribution in [2.24, 2.45) is 0 Å². The zero-order valence-electron chi connectivity index (χ0n) is 26.2. The molecule has 1 N–H and O–H groups in total. The summed E-state index contributed by atoms with van der Waals surface area (Å²) in [6.45, 7) is 14.2. The molecule has 232 valence electrons. The molecule has 0 unspecified atom stereocenters. The zero-order chi connectivity index (χ0) is 32.1. The van der Waals surface area contributed by atoms with Gasteiger partial charge in [0.05, 0.1) is 33.9 Å². The number of carbonyl (C=O) groups excluding carboxylic acids is 1. The molecule has 0 spiro atoms. The van der Waals surface area contributed by atoms with E-state index in [-0.39, 0.29) is 11.6 Å². The molecular formula is C35H38F4N4O. The molecule has 2 heterocycles. The van der Waals surface area contributed by atoms with Gasteiger partial charge in [0.25, 0.3) is 0 Å². The van der Waals surface area contributed by atoms with Crippen molar-refractivity contribution in [3.63, 3.8) is 0 Å². The quantitative estimate of drug-likeness (QED) is 0.214. The summed E-state index contributed by atoms with van der Waals surface area (Å²) in [4.78, 5) is 13.9. The number of hydrogen-bond donors (Lipinski definition) is 1. The molecule has 1 aromatic heterocycles. The van der Waals surface area contributed by atoms with E-state index in [1.807, 2.05) is 17.7 Å². The van der Waals surface area contributed by atoms with Crippen LogP contribution in [0.4, 0.5) is 23.2 Å². The van der Waals surface area contributed by atoms with Gasteiger partial charge in [0, 0.05) is 31.1 Å². The van der Waals surface area contributed by atoms with Crippen molar-refractivity contribution in [1.29, 1.82) is 0 Å². The lowest BCUT2D eigenvalue weighted by Crippen LogP contribution is -2.36. The number of anilines is 1. The number of hydrogen-bond acceptors (Lipinski definition) is 3. The molecule has 9 heteroatoms. The number of alkyl halides is 3. The lowest BCUT2D eigenvalue weighted by Gasteiger charge is -2.32. The zero-order valence-corrected chi connectivity index (χ0v) is 26.2. The van der Waals surface area contributed by atoms with E-state index in [9.17, 15) is 18.0 Å². The summed E-state index contributed by atoms with van der Waals surface area (Å²) in [5, 5.41) is 7.82. The molecule has 44 heavy (non-hydrogen) atoms. The van der Waals surface area contributed by atoms with Crippen molar-refractivity contribution in [2.75, 3.05) is 5.32 Å². The molecule has 0 atom stereocenters. The fourth-order valence-corrected chi connectivity index (χ4v) is 6.29. The monoisotopic (exact) mass is 606 g/mol. The Bertz CT molecular complexity index is 1730. The predicted molar refractivity (Wildman–Crippen MR) is 165 cm³/mol. The van der Waals surface area contributed by atoms with Crippen molar-refractivity contribution in [3.8, 4) is 16.9 Å². The average Bonchev–Trinajstić information content (AvgIpc) is 3.43. The van der Waals surface area contributed by atoms with Gasteiger partial charge in [-0.25, -0.2) is 9.07 Å². The molecule has 0 radical (unpaired) electrons. The molecule has 5 nitrogen and oxygen atoms in total. The van der Waals surface area contributed by atoms with Crippen molar-refractivity contribution in [3.05, 3.63) is 99.0 Å². The van der Waals surface area contributed by atoms with Crippen LogP contribution in [0.15, 0.2) is 48.5 Å². The van der Waals surface area contributed by atoms with Gasteiger partial charge < -0.3 is 5.32 Å². The number of para-hydroxylation sites is 1. The van der Waals surface area contributed by atoms with Gasteiger partial charge in [0.2, 0.25) is 5.91 Å². The van der Waals surface area contributed by atoms with Gasteiger partial charge in [0.15, 0.2) is 0 Å². The van der Waals surface area contributed by atoms with Crippen LogP contribution in [0, 0.1) is 19.7 Å². The second kappa shape index (κ2) is 11.5. The number of aryl methyl sites for hydroxylation is 4. The highest BCUT2D eigenvalue weighted by Crippen LogP contribution is 2.46. The second-order valence-corrected chi connectivity index (χ2v) is 12.1. The molecule has 0 bridgehead atoms. The lowest BCUT2D eigenvalue weighted by molar-refractivity contribution is -0.137. The second-order valence-electron chi connectivity index (χ2n) is 12.1. The molecule has 1 aliphatic heterocycles. The summed E-state index contributed by atoms with van der Waals surface area (Å²) in [7, 11) is 0. The Hall–Kier alpha value is -3.98. The van der Waals surface area contributed by atoms with Crippen LogP contribution in [0.3, 0.4) is 0 Å². The van der Waals surface area contributed by atoms with E-state index in [0.29, 0.717) is 24.2 Å². The Morgan fingerprint density at radius 2 is 1.64 bits per heavy atom. The summed E-state index contributed by atoms with van der Waals surface area (Å²) in [5.41, 5.74) is 7.49. The molecule has 1 aliphatic rings. The highest BCUT2D eigenvalue weighted by Gasteiger charge is 2.43. The van der Waals surface area contributed by atoms with E-state index in [0.717, 1.165) is 63.8 Å². The first-order valence-corrected chi connectivity index (χ1v) is 14.9. The van der Waals surface area contributed by atoms with E-state index < -0.39 is 23.1 Å². The van der Waals surface area contributed by atoms with E-state index >= 15 is 4.39 Å². The van der Waals surface area contributed by atoms with Gasteiger partial charge >= 0.3 is 6.18 Å². The third-order valence-electron chi connectivity index (χ3n) is 8.79. The molecule has 0 fully saturated rings. The number of fused-ring (bicyclic) bond motifs is 1. The van der Waals surface area contributed by atoms with Crippen molar-refractivity contribution < 1.29 is 22.4 Å². The number of nitrogens with zero attached hydrogens (tertiary/aromatic N) is 3. The Morgan fingerprint density at radius 3 is 2.20 bits per heavy atom. The van der Waals surface area contributed by atoms with E-state index in [1.165, 1.54) is 19.1 Å². The van der Waals surface area contributed by atoms with Crippen molar-refractivity contribution >= 4 is 11.6 Å². The first-order valence-electron chi connectivity index (χ1n) is 14.9. The van der Waals surface area contributed by atoms with E-state index in [2.05, 4.69) is 50.0 Å². The van der Waals surface area contributed by atoms with Crippen LogP contribution in [0.25, 0.3) is 16.9 Å². The van der Waals surface area contributed by atoms with Crippen LogP contribution in [0.5, 0.6) is 0 Å². The molecule has 5 rings (SSSR count). The van der Waals surface area contributed by atoms with Crippen molar-refractivity contribution in [1.82, 2.24) is 14.7 Å². The predicted octanol–water partition coefficient (Wildman–Crippen LogP) is 8.65. The maximum absolute atomic E-state index is 15.5. The highest BCUT2D eigenvalue weighted by molar-refractivity contribution is 5.89. The molecule has 4 aromatic rings. The number of benzene rings is 3. The van der Waals surface area contributed by atoms with Crippen LogP contribution in [0.1, 0.15) is 79.3 Å². The number of carbonyl (C=O) groups is 1. The Kier molecular flexibility index (Phi) is 8.22. The van der Waals surface area contributed by atoms with Gasteiger partial charge in [0.1, 0.15) is 5.82 Å². The summed E-state index contributed by atoms with van der Waals surface area (Å²) >= 11 is 0. The summed E-state index contributed by atoms with van der Waals surface area (Å²) in [6.07, 6.45) is -2.84. The van der Waals surface area contributed by atoms with Crippen LogP contribution in [-0.4, -0.2) is 20.6 Å². The fourth-order valence-electron chi connectivity index (χ4n) is 6.29. The van der Waals surface area contributed by atoms with Gasteiger partial charge in [-0.05, 0) is 92.6 Å². The third kappa shape index (κ3) is 5.54. The smallest absolute Gasteiger partial charge is 0.324 e. The third-order valence-corrected chi connectivity index (χ3v) is 8.79. The van der Waals surface area contributed by atoms with E-state index in [1.54, 1.807) is 19.1 Å². The van der Waals surface area contributed by atoms with E-state index in [4.69, 9.17) is 5.10 Å². The fraction of sp³-hybridized carbons (Fsp3) is 0.371. The number of amides is 1. The van der Waals surface area contributed by atoms with Crippen LogP contribution in [0.2, 0.25) is 0 Å². The van der Waals surface area contributed by atoms with Crippen molar-refractivity contribution in [2.45, 2.75) is 86.1 Å². The molecular weight excluding hydrogens is 568 g/mol. The lowest BCUT2D eigenvalue weighted by atomic mass is 9.96. The Balaban J connectivity index is 1.69. The van der Waals surface area contributed by atoms with Crippen LogP contribution >= 0.6 is 0 Å². The number of aromatic nitrogens is 2. The molecule has 1 amide bonds. The Labute approximate surface area is 255 Å². The van der Waals surface area contributed by atoms with Crippen LogP contribution < -0.4 is 5.32 Å². The first-order chi connectivity index (χ1) is 20.7. The molecule has 3 aromatic carbocycles. The normalized spacial score (nSPS) is 14.6. The minimum absolute atomic E-state index is 0.115. The largest absolute Gasteiger partial charge is 0.416 e. The molecule has 0 aliphatic carbocycles. The summed E-state index contributed by atoms with van der Waals surface area (Å²) < 4.78 is 57.5.